The smallest absolute Gasteiger partial charge is 0.322 e. The van der Waals surface area contributed by atoms with Crippen LogP contribution in [0.15, 0.2) is 66.9 Å². The molecule has 1 unspecified atom stereocenters. The van der Waals surface area contributed by atoms with Gasteiger partial charge in [-0.2, -0.15) is 0 Å². The standard InChI is InChI=1S/C26H31N3O/c1-5-19-8-14-22(15-9-19)27-25(30)29-18-17-28-16-6-7-23(28)24(29)20-10-12-21(13-11-20)26(2,3)4/h6-16,24H,5,17-18H2,1-4H3,(H,27,30). The van der Waals surface area contributed by atoms with Gasteiger partial charge in [-0.15, -0.1) is 0 Å². The summed E-state index contributed by atoms with van der Waals surface area (Å²) in [6.45, 7) is 10.3. The normalized spacial score (nSPS) is 16.3. The fraction of sp³-hybridized carbons (Fsp3) is 0.346. The quantitative estimate of drug-likeness (QED) is 0.575. The van der Waals surface area contributed by atoms with Gasteiger partial charge in [0.05, 0.1) is 6.04 Å². The minimum Gasteiger partial charge on any atom is -0.348 e. The van der Waals surface area contributed by atoms with Gasteiger partial charge in [-0.1, -0.05) is 64.1 Å². The van der Waals surface area contributed by atoms with E-state index in [9.17, 15) is 4.79 Å². The summed E-state index contributed by atoms with van der Waals surface area (Å²) >= 11 is 0. The molecule has 1 atom stereocenters. The van der Waals surface area contributed by atoms with Crippen LogP contribution in [0.3, 0.4) is 0 Å². The Bertz CT molecular complexity index is 1010. The first-order valence-corrected chi connectivity index (χ1v) is 10.8. The van der Waals surface area contributed by atoms with Crippen molar-refractivity contribution in [3.63, 3.8) is 0 Å². The van der Waals surface area contributed by atoms with Crippen LogP contribution >= 0.6 is 0 Å². The van der Waals surface area contributed by atoms with Crippen LogP contribution in [0.5, 0.6) is 0 Å². The number of carbonyl (C=O) groups is 1. The van der Waals surface area contributed by atoms with Crippen molar-refractivity contribution in [1.82, 2.24) is 9.47 Å². The van der Waals surface area contributed by atoms with Crippen molar-refractivity contribution in [2.75, 3.05) is 11.9 Å². The fourth-order valence-corrected chi connectivity index (χ4v) is 4.14. The second-order valence-electron chi connectivity index (χ2n) is 9.08. The zero-order chi connectivity index (χ0) is 21.3. The van der Waals surface area contributed by atoms with Gasteiger partial charge in [0, 0.05) is 30.7 Å². The molecule has 4 heteroatoms. The third-order valence-corrected chi connectivity index (χ3v) is 6.01. The Morgan fingerprint density at radius 2 is 1.70 bits per heavy atom. The summed E-state index contributed by atoms with van der Waals surface area (Å²) in [5.74, 6) is 0. The van der Waals surface area contributed by atoms with Crippen molar-refractivity contribution in [3.8, 4) is 0 Å². The Hall–Kier alpha value is -3.01. The maximum absolute atomic E-state index is 13.3. The Morgan fingerprint density at radius 3 is 2.33 bits per heavy atom. The van der Waals surface area contributed by atoms with Crippen LogP contribution in [-0.2, 0) is 18.4 Å². The minimum atomic E-state index is -0.0994. The number of amides is 2. The molecule has 1 N–H and O–H groups in total. The molecular formula is C26H31N3O. The highest BCUT2D eigenvalue weighted by Crippen LogP contribution is 2.34. The molecule has 4 rings (SSSR count). The number of nitrogens with one attached hydrogen (secondary N) is 1. The highest BCUT2D eigenvalue weighted by molar-refractivity contribution is 5.90. The topological polar surface area (TPSA) is 37.3 Å². The Balaban J connectivity index is 1.63. The second-order valence-corrected chi connectivity index (χ2v) is 9.08. The summed E-state index contributed by atoms with van der Waals surface area (Å²) in [7, 11) is 0. The van der Waals surface area contributed by atoms with Crippen molar-refractivity contribution < 1.29 is 4.79 Å². The molecule has 2 heterocycles. The molecule has 1 aliphatic heterocycles. The lowest BCUT2D eigenvalue weighted by atomic mass is 9.86. The van der Waals surface area contributed by atoms with E-state index in [0.29, 0.717) is 6.54 Å². The highest BCUT2D eigenvalue weighted by Gasteiger charge is 2.32. The number of aryl methyl sites for hydroxylation is 1. The highest BCUT2D eigenvalue weighted by atomic mass is 16.2. The van der Waals surface area contributed by atoms with Gasteiger partial charge in [0.25, 0.3) is 0 Å². The largest absolute Gasteiger partial charge is 0.348 e. The van der Waals surface area contributed by atoms with Gasteiger partial charge in [0.1, 0.15) is 0 Å². The van der Waals surface area contributed by atoms with Crippen molar-refractivity contribution >= 4 is 11.7 Å². The molecule has 2 amide bonds. The number of anilines is 1. The third kappa shape index (κ3) is 4.00. The Morgan fingerprint density at radius 1 is 1.00 bits per heavy atom. The molecule has 30 heavy (non-hydrogen) atoms. The summed E-state index contributed by atoms with van der Waals surface area (Å²) in [5.41, 5.74) is 5.79. The van der Waals surface area contributed by atoms with Crippen LogP contribution in [-0.4, -0.2) is 22.0 Å². The van der Waals surface area contributed by atoms with Crippen molar-refractivity contribution in [2.45, 2.75) is 52.1 Å². The van der Waals surface area contributed by atoms with Crippen molar-refractivity contribution in [1.29, 1.82) is 0 Å². The predicted octanol–water partition coefficient (Wildman–Crippen LogP) is 5.99. The van der Waals surface area contributed by atoms with E-state index in [0.717, 1.165) is 29.9 Å². The van der Waals surface area contributed by atoms with E-state index >= 15 is 0 Å². The minimum absolute atomic E-state index is 0.0587. The fourth-order valence-electron chi connectivity index (χ4n) is 4.14. The van der Waals surface area contributed by atoms with Gasteiger partial charge < -0.3 is 14.8 Å². The third-order valence-electron chi connectivity index (χ3n) is 6.01. The van der Waals surface area contributed by atoms with Gasteiger partial charge in [0.2, 0.25) is 0 Å². The van der Waals surface area contributed by atoms with E-state index in [1.807, 2.05) is 17.0 Å². The molecule has 1 aromatic heterocycles. The number of fused-ring (bicyclic) bond motifs is 1. The second kappa shape index (κ2) is 8.02. The molecule has 3 aromatic rings. The van der Waals surface area contributed by atoms with Crippen LogP contribution in [0.25, 0.3) is 0 Å². The summed E-state index contributed by atoms with van der Waals surface area (Å²) in [5, 5.41) is 3.10. The van der Waals surface area contributed by atoms with Crippen LogP contribution in [0.2, 0.25) is 0 Å². The number of aromatic nitrogens is 1. The average Bonchev–Trinajstić information content (AvgIpc) is 3.22. The molecule has 0 saturated heterocycles. The molecule has 0 radical (unpaired) electrons. The SMILES string of the molecule is CCc1ccc(NC(=O)N2CCn3cccc3C2c2ccc(C(C)(C)C)cc2)cc1. The first-order chi connectivity index (χ1) is 14.4. The van der Waals surface area contributed by atoms with Crippen LogP contribution in [0.4, 0.5) is 10.5 Å². The van der Waals surface area contributed by atoms with E-state index < -0.39 is 0 Å². The summed E-state index contributed by atoms with van der Waals surface area (Å²) in [6, 6.07) is 20.9. The lowest BCUT2D eigenvalue weighted by Gasteiger charge is -2.37. The maximum atomic E-state index is 13.3. The molecule has 4 nitrogen and oxygen atoms in total. The molecule has 0 bridgehead atoms. The zero-order valence-corrected chi connectivity index (χ0v) is 18.4. The van der Waals surface area contributed by atoms with Crippen LogP contribution in [0, 0.1) is 0 Å². The van der Waals surface area contributed by atoms with Gasteiger partial charge in [-0.3, -0.25) is 0 Å². The molecule has 1 aliphatic rings. The molecule has 156 valence electrons. The Labute approximate surface area is 179 Å². The molecular weight excluding hydrogens is 370 g/mol. The van der Waals surface area contributed by atoms with Gasteiger partial charge >= 0.3 is 6.03 Å². The van der Waals surface area contributed by atoms with Crippen molar-refractivity contribution in [2.24, 2.45) is 0 Å². The molecule has 0 saturated carbocycles. The number of hydrogen-bond donors (Lipinski definition) is 1. The molecule has 0 spiro atoms. The number of benzene rings is 2. The maximum Gasteiger partial charge on any atom is 0.322 e. The van der Waals surface area contributed by atoms with E-state index in [4.69, 9.17) is 0 Å². The lowest BCUT2D eigenvalue weighted by molar-refractivity contribution is 0.182. The van der Waals surface area contributed by atoms with E-state index in [2.05, 4.69) is 92.3 Å². The van der Waals surface area contributed by atoms with Crippen molar-refractivity contribution in [3.05, 3.63) is 89.2 Å². The summed E-state index contributed by atoms with van der Waals surface area (Å²) < 4.78 is 2.25. The van der Waals surface area contributed by atoms with Crippen LogP contribution in [0.1, 0.15) is 56.1 Å². The zero-order valence-electron chi connectivity index (χ0n) is 18.4. The number of carbonyl (C=O) groups excluding carboxylic acids is 1. The van der Waals surface area contributed by atoms with E-state index in [1.165, 1.54) is 11.1 Å². The number of hydrogen-bond acceptors (Lipinski definition) is 1. The number of nitrogens with zero attached hydrogens (tertiary/aromatic N) is 2. The van der Waals surface area contributed by atoms with Gasteiger partial charge in [0.15, 0.2) is 0 Å². The average molecular weight is 402 g/mol. The summed E-state index contributed by atoms with van der Waals surface area (Å²) in [6.07, 6.45) is 3.09. The molecule has 0 fully saturated rings. The number of urea groups is 1. The van der Waals surface area contributed by atoms with E-state index in [-0.39, 0.29) is 17.5 Å². The first kappa shape index (κ1) is 20.3. The van der Waals surface area contributed by atoms with E-state index in [1.54, 1.807) is 0 Å². The predicted molar refractivity (Wildman–Crippen MR) is 123 cm³/mol. The number of rotatable bonds is 3. The molecule has 0 aliphatic carbocycles. The van der Waals surface area contributed by atoms with Gasteiger partial charge in [-0.25, -0.2) is 4.79 Å². The Kier molecular flexibility index (Phi) is 5.42. The monoisotopic (exact) mass is 401 g/mol. The van der Waals surface area contributed by atoms with Gasteiger partial charge in [-0.05, 0) is 52.8 Å². The molecule has 2 aromatic carbocycles. The first-order valence-electron chi connectivity index (χ1n) is 10.8. The van der Waals surface area contributed by atoms with Crippen LogP contribution < -0.4 is 5.32 Å². The summed E-state index contributed by atoms with van der Waals surface area (Å²) in [4.78, 5) is 15.2. The lowest BCUT2D eigenvalue weighted by Crippen LogP contribution is -2.44.